The molecule has 0 aliphatic rings. The van der Waals surface area contributed by atoms with E-state index in [0.29, 0.717) is 12.1 Å². The molecular formula is C12H17N3O3. The minimum absolute atomic E-state index is 0.0633. The number of nitrogens with zero attached hydrogens (tertiary/aromatic N) is 3. The largest absolute Gasteiger partial charge is 0.481 e. The fraction of sp³-hybridized carbons (Fsp3) is 0.500. The average molecular weight is 251 g/mol. The second-order valence-corrected chi connectivity index (χ2v) is 4.42. The highest BCUT2D eigenvalue weighted by molar-refractivity contribution is 5.93. The second-order valence-electron chi connectivity index (χ2n) is 4.42. The smallest absolute Gasteiger partial charge is 0.305 e. The molecule has 6 nitrogen and oxygen atoms in total. The lowest BCUT2D eigenvalue weighted by molar-refractivity contribution is -0.137. The molecule has 98 valence electrons. The molecule has 1 amide bonds. The molecule has 1 rings (SSSR count). The van der Waals surface area contributed by atoms with Crippen molar-refractivity contribution in [1.82, 2.24) is 14.9 Å². The minimum atomic E-state index is -0.916. The zero-order chi connectivity index (χ0) is 13.5. The van der Waals surface area contributed by atoms with E-state index in [1.807, 2.05) is 13.8 Å². The van der Waals surface area contributed by atoms with Crippen LogP contribution in [0.2, 0.25) is 0 Å². The van der Waals surface area contributed by atoms with Crippen LogP contribution in [0.15, 0.2) is 18.7 Å². The van der Waals surface area contributed by atoms with Gasteiger partial charge in [0, 0.05) is 25.5 Å². The molecule has 18 heavy (non-hydrogen) atoms. The van der Waals surface area contributed by atoms with Crippen LogP contribution in [-0.4, -0.2) is 44.9 Å². The van der Waals surface area contributed by atoms with Crippen LogP contribution in [0.1, 0.15) is 30.6 Å². The third-order valence-electron chi connectivity index (χ3n) is 2.28. The Kier molecular flexibility index (Phi) is 5.23. The van der Waals surface area contributed by atoms with E-state index in [9.17, 15) is 9.59 Å². The Balaban J connectivity index is 2.75. The Morgan fingerprint density at radius 1 is 1.33 bits per heavy atom. The number of hydrogen-bond donors (Lipinski definition) is 1. The van der Waals surface area contributed by atoms with E-state index >= 15 is 0 Å². The molecular weight excluding hydrogens is 234 g/mol. The summed E-state index contributed by atoms with van der Waals surface area (Å²) in [4.78, 5) is 31.8. The summed E-state index contributed by atoms with van der Waals surface area (Å²) in [7, 11) is 0. The van der Waals surface area contributed by atoms with E-state index in [-0.39, 0.29) is 24.8 Å². The molecule has 0 atom stereocenters. The maximum atomic E-state index is 12.1. The third kappa shape index (κ3) is 4.48. The van der Waals surface area contributed by atoms with Crippen molar-refractivity contribution in [2.45, 2.75) is 20.3 Å². The van der Waals surface area contributed by atoms with Crippen molar-refractivity contribution in [1.29, 1.82) is 0 Å². The lowest BCUT2D eigenvalue weighted by Crippen LogP contribution is -2.36. The first kappa shape index (κ1) is 14.1. The van der Waals surface area contributed by atoms with Gasteiger partial charge in [0.2, 0.25) is 0 Å². The van der Waals surface area contributed by atoms with Crippen molar-refractivity contribution < 1.29 is 14.7 Å². The normalized spacial score (nSPS) is 10.4. The highest BCUT2D eigenvalue weighted by Crippen LogP contribution is 2.06. The van der Waals surface area contributed by atoms with E-state index in [2.05, 4.69) is 9.97 Å². The highest BCUT2D eigenvalue weighted by atomic mass is 16.4. The van der Waals surface area contributed by atoms with Crippen molar-refractivity contribution in [3.8, 4) is 0 Å². The molecule has 1 aromatic rings. The molecule has 6 heteroatoms. The Bertz CT molecular complexity index is 406. The SMILES string of the molecule is CC(C)CN(CCC(=O)O)C(=O)c1cncnc1. The number of hydrogen-bond acceptors (Lipinski definition) is 4. The average Bonchev–Trinajstić information content (AvgIpc) is 2.34. The molecule has 0 aliphatic carbocycles. The maximum absolute atomic E-state index is 12.1. The van der Waals surface area contributed by atoms with Crippen molar-refractivity contribution >= 4 is 11.9 Å². The number of carboxylic acid groups (broad SMARTS) is 1. The van der Waals surface area contributed by atoms with E-state index in [0.717, 1.165) is 0 Å². The van der Waals surface area contributed by atoms with Crippen LogP contribution in [-0.2, 0) is 4.79 Å². The molecule has 0 aromatic carbocycles. The van der Waals surface area contributed by atoms with Gasteiger partial charge >= 0.3 is 5.97 Å². The van der Waals surface area contributed by atoms with E-state index in [1.165, 1.54) is 23.6 Å². The lowest BCUT2D eigenvalue weighted by atomic mass is 10.2. The number of aliphatic carboxylic acids is 1. The number of carboxylic acids is 1. The van der Waals surface area contributed by atoms with Crippen molar-refractivity contribution in [3.05, 3.63) is 24.3 Å². The standard InChI is InChI=1S/C12H17N3O3/c1-9(2)7-15(4-3-11(16)17)12(18)10-5-13-8-14-6-10/h5-6,8-9H,3-4,7H2,1-2H3,(H,16,17). The zero-order valence-electron chi connectivity index (χ0n) is 10.5. The lowest BCUT2D eigenvalue weighted by Gasteiger charge is -2.23. The summed E-state index contributed by atoms with van der Waals surface area (Å²) in [6, 6.07) is 0. The van der Waals surface area contributed by atoms with E-state index < -0.39 is 5.97 Å². The molecule has 0 spiro atoms. The summed E-state index contributed by atoms with van der Waals surface area (Å²) in [5, 5.41) is 8.69. The van der Waals surface area contributed by atoms with E-state index in [4.69, 9.17) is 5.11 Å². The molecule has 1 N–H and O–H groups in total. The van der Waals surface area contributed by atoms with Crippen LogP contribution in [0.5, 0.6) is 0 Å². The van der Waals surface area contributed by atoms with Gasteiger partial charge in [-0.05, 0) is 5.92 Å². The van der Waals surface area contributed by atoms with Crippen molar-refractivity contribution in [2.24, 2.45) is 5.92 Å². The van der Waals surface area contributed by atoms with Gasteiger partial charge in [0.15, 0.2) is 0 Å². The Morgan fingerprint density at radius 2 is 1.94 bits per heavy atom. The van der Waals surface area contributed by atoms with Gasteiger partial charge < -0.3 is 10.0 Å². The van der Waals surface area contributed by atoms with Crippen LogP contribution < -0.4 is 0 Å². The van der Waals surface area contributed by atoms with Gasteiger partial charge in [-0.2, -0.15) is 0 Å². The first-order valence-electron chi connectivity index (χ1n) is 5.76. The summed E-state index contributed by atoms with van der Waals surface area (Å²) in [5.74, 6) is -0.876. The summed E-state index contributed by atoms with van der Waals surface area (Å²) in [6.45, 7) is 4.66. The van der Waals surface area contributed by atoms with Gasteiger partial charge in [0.05, 0.1) is 12.0 Å². The fourth-order valence-electron chi connectivity index (χ4n) is 1.54. The van der Waals surface area contributed by atoms with E-state index in [1.54, 1.807) is 0 Å². The predicted octanol–water partition coefficient (Wildman–Crippen LogP) is 1.05. The van der Waals surface area contributed by atoms with Gasteiger partial charge in [-0.25, -0.2) is 9.97 Å². The molecule has 0 saturated carbocycles. The monoisotopic (exact) mass is 251 g/mol. The Morgan fingerprint density at radius 3 is 2.44 bits per heavy atom. The topological polar surface area (TPSA) is 83.4 Å². The highest BCUT2D eigenvalue weighted by Gasteiger charge is 2.18. The van der Waals surface area contributed by atoms with Crippen LogP contribution in [0.4, 0.5) is 0 Å². The van der Waals surface area contributed by atoms with Crippen LogP contribution >= 0.6 is 0 Å². The van der Waals surface area contributed by atoms with Gasteiger partial charge in [-0.1, -0.05) is 13.8 Å². The maximum Gasteiger partial charge on any atom is 0.305 e. The summed E-state index contributed by atoms with van der Waals surface area (Å²) < 4.78 is 0. The first-order valence-corrected chi connectivity index (χ1v) is 5.76. The summed E-state index contributed by atoms with van der Waals surface area (Å²) in [5.41, 5.74) is 0.378. The Labute approximate surface area is 106 Å². The van der Waals surface area contributed by atoms with Gasteiger partial charge in [-0.15, -0.1) is 0 Å². The number of carbonyl (C=O) groups is 2. The minimum Gasteiger partial charge on any atom is -0.481 e. The van der Waals surface area contributed by atoms with Crippen molar-refractivity contribution in [3.63, 3.8) is 0 Å². The van der Waals surface area contributed by atoms with Gasteiger partial charge in [0.1, 0.15) is 6.33 Å². The predicted molar refractivity (Wildman–Crippen MR) is 65.0 cm³/mol. The van der Waals surface area contributed by atoms with Gasteiger partial charge in [-0.3, -0.25) is 9.59 Å². The van der Waals surface area contributed by atoms with Crippen LogP contribution in [0, 0.1) is 5.92 Å². The molecule has 1 aromatic heterocycles. The van der Waals surface area contributed by atoms with Crippen molar-refractivity contribution in [2.75, 3.05) is 13.1 Å². The summed E-state index contributed by atoms with van der Waals surface area (Å²) >= 11 is 0. The molecule has 0 radical (unpaired) electrons. The fourth-order valence-corrected chi connectivity index (χ4v) is 1.54. The van der Waals surface area contributed by atoms with Crippen LogP contribution in [0.25, 0.3) is 0 Å². The quantitative estimate of drug-likeness (QED) is 0.817. The molecule has 0 fully saturated rings. The molecule has 0 saturated heterocycles. The molecule has 0 unspecified atom stereocenters. The molecule has 0 aliphatic heterocycles. The number of aromatic nitrogens is 2. The number of rotatable bonds is 6. The molecule has 1 heterocycles. The Hall–Kier alpha value is -1.98. The number of carbonyl (C=O) groups excluding carboxylic acids is 1. The molecule has 0 bridgehead atoms. The van der Waals surface area contributed by atoms with Crippen LogP contribution in [0.3, 0.4) is 0 Å². The third-order valence-corrected chi connectivity index (χ3v) is 2.28. The summed E-state index contributed by atoms with van der Waals surface area (Å²) in [6.07, 6.45) is 4.15. The second kappa shape index (κ2) is 6.68. The van der Waals surface area contributed by atoms with Gasteiger partial charge in [0.25, 0.3) is 5.91 Å². The zero-order valence-corrected chi connectivity index (χ0v) is 10.5. The first-order chi connectivity index (χ1) is 8.50. The number of amides is 1.